The molecule has 0 radical (unpaired) electrons. The van der Waals surface area contributed by atoms with Crippen molar-refractivity contribution in [3.63, 3.8) is 0 Å². The first-order valence-corrected chi connectivity index (χ1v) is 14.9. The van der Waals surface area contributed by atoms with Crippen molar-refractivity contribution < 1.29 is 23.9 Å². The first-order valence-electron chi connectivity index (χ1n) is 12.2. The van der Waals surface area contributed by atoms with Crippen molar-refractivity contribution in [1.82, 2.24) is 0 Å². The van der Waals surface area contributed by atoms with Crippen molar-refractivity contribution in [2.45, 2.75) is 27.4 Å². The number of hydrogen-bond acceptors (Lipinski definition) is 5. The molecule has 2 heterocycles. The maximum Gasteiger partial charge on any atom is 0.316 e. The van der Waals surface area contributed by atoms with Crippen molar-refractivity contribution in [2.75, 3.05) is 16.3 Å². The summed E-state index contributed by atoms with van der Waals surface area (Å²) < 4.78 is 3.54. The lowest BCUT2D eigenvalue weighted by molar-refractivity contribution is -0.139. The molecule has 4 aliphatic rings. The molecule has 2 aromatic rings. The zero-order chi connectivity index (χ0) is 29.8. The second kappa shape index (κ2) is 9.65. The molecule has 41 heavy (non-hydrogen) atoms. The monoisotopic (exact) mass is 694 g/mol. The minimum atomic E-state index is -2.03. The maximum atomic E-state index is 13.7. The number of alkyl halides is 4. The van der Waals surface area contributed by atoms with Crippen LogP contribution in [-0.4, -0.2) is 44.3 Å². The summed E-state index contributed by atoms with van der Waals surface area (Å²) in [6, 6.07) is 11.2. The minimum Gasteiger partial charge on any atom is -0.426 e. The summed E-state index contributed by atoms with van der Waals surface area (Å²) in [5, 5.41) is 0.115. The standard InChI is InChI=1S/C27H17Cl7N2O5/c1-11-7-15(41-24(40)12-8-17(37)35(10-12)14-4-2-3-13(28)9-14)5-6-16(11)36-22(38)18-19(23(36)39)26(32)21(30)20(29)25(18,31)27(26,33)34/h2-7,9,12,18-19H,8,10H2,1H3/t12-,18+,19+,25-,26-/m1/s1. The van der Waals surface area contributed by atoms with E-state index in [1.165, 1.54) is 23.1 Å². The van der Waals surface area contributed by atoms with Gasteiger partial charge < -0.3 is 9.64 Å². The molecule has 3 amide bonds. The predicted octanol–water partition coefficient (Wildman–Crippen LogP) is 6.56. The molecule has 2 aromatic carbocycles. The number of fused-ring (bicyclic) bond motifs is 5. The molecule has 2 aliphatic heterocycles. The highest BCUT2D eigenvalue weighted by Gasteiger charge is 2.87. The Hall–Kier alpha value is -1.71. The third-order valence-corrected chi connectivity index (χ3v) is 12.6. The summed E-state index contributed by atoms with van der Waals surface area (Å²) in [6.07, 6.45) is -0.0237. The van der Waals surface area contributed by atoms with E-state index >= 15 is 0 Å². The summed E-state index contributed by atoms with van der Waals surface area (Å²) in [7, 11) is 0. The Morgan fingerprint density at radius 1 is 0.902 bits per heavy atom. The largest absolute Gasteiger partial charge is 0.426 e. The zero-order valence-corrected chi connectivity index (χ0v) is 26.1. The second-order valence-corrected chi connectivity index (χ2v) is 14.1. The SMILES string of the molecule is Cc1cc(OC(=O)[C@@H]2CC(=O)N(c3cccc(Cl)c3)C2)ccc1N1C(=O)[C@@H]2[C@@H](C1=O)[C@@]1(Cl)C(Cl)=C(Cl)[C@@]2(Cl)C1(Cl)Cl. The smallest absolute Gasteiger partial charge is 0.316 e. The molecule has 214 valence electrons. The predicted molar refractivity (Wildman–Crippen MR) is 159 cm³/mol. The van der Waals surface area contributed by atoms with E-state index in [2.05, 4.69) is 0 Å². The number of anilines is 2. The lowest BCUT2D eigenvalue weighted by atomic mass is 9.84. The first-order chi connectivity index (χ1) is 19.2. The molecule has 0 N–H and O–H groups in total. The van der Waals surface area contributed by atoms with Gasteiger partial charge in [0.1, 0.15) is 15.5 Å². The van der Waals surface area contributed by atoms with Crippen LogP contribution in [0.4, 0.5) is 11.4 Å². The van der Waals surface area contributed by atoms with Crippen molar-refractivity contribution in [3.8, 4) is 5.75 Å². The van der Waals surface area contributed by atoms with Gasteiger partial charge in [0.15, 0.2) is 4.33 Å². The highest BCUT2D eigenvalue weighted by atomic mass is 35.5. The van der Waals surface area contributed by atoms with Gasteiger partial charge in [-0.3, -0.25) is 19.2 Å². The summed E-state index contributed by atoms with van der Waals surface area (Å²) >= 11 is 45.4. The van der Waals surface area contributed by atoms with Crippen LogP contribution in [0.3, 0.4) is 0 Å². The Bertz CT molecular complexity index is 1570. The molecule has 7 nitrogen and oxygen atoms in total. The van der Waals surface area contributed by atoms with Crippen LogP contribution < -0.4 is 14.5 Å². The maximum absolute atomic E-state index is 13.7. The molecular weight excluding hydrogens is 680 g/mol. The van der Waals surface area contributed by atoms with Crippen LogP contribution in [0, 0.1) is 24.7 Å². The van der Waals surface area contributed by atoms with Gasteiger partial charge in [-0.2, -0.15) is 0 Å². The fourth-order valence-electron chi connectivity index (χ4n) is 6.13. The number of imide groups is 1. The van der Waals surface area contributed by atoms with Crippen LogP contribution in [0.1, 0.15) is 12.0 Å². The minimum absolute atomic E-state index is 0.0237. The number of ether oxygens (including phenoxy) is 1. The number of aryl methyl sites for hydroxylation is 1. The van der Waals surface area contributed by atoms with Gasteiger partial charge in [0.25, 0.3) is 0 Å². The summed E-state index contributed by atoms with van der Waals surface area (Å²) in [5.41, 5.74) is 1.25. The number of allylic oxidation sites excluding steroid dienone is 2. The van der Waals surface area contributed by atoms with E-state index in [1.54, 1.807) is 31.2 Å². The number of halogens is 7. The fourth-order valence-corrected chi connectivity index (χ4v) is 9.25. The molecule has 0 aromatic heterocycles. The lowest BCUT2D eigenvalue weighted by Gasteiger charge is -2.34. The van der Waals surface area contributed by atoms with Crippen molar-refractivity contribution >= 4 is 116 Å². The normalized spacial score (nSPS) is 31.9. The second-order valence-electron chi connectivity index (χ2n) is 10.3. The number of amides is 3. The van der Waals surface area contributed by atoms with E-state index in [1.807, 2.05) is 0 Å². The van der Waals surface area contributed by atoms with Gasteiger partial charge in [0.05, 0.1) is 33.5 Å². The van der Waals surface area contributed by atoms with Crippen LogP contribution >= 0.6 is 81.2 Å². The van der Waals surface area contributed by atoms with Gasteiger partial charge in [-0.05, 0) is 48.9 Å². The molecular formula is C27H17Cl7N2O5. The van der Waals surface area contributed by atoms with Gasteiger partial charge >= 0.3 is 5.97 Å². The molecule has 0 unspecified atom stereocenters. The highest BCUT2D eigenvalue weighted by molar-refractivity contribution is 6.67. The quantitative estimate of drug-likeness (QED) is 0.157. The summed E-state index contributed by atoms with van der Waals surface area (Å²) in [6.45, 7) is 1.77. The number of nitrogens with zero attached hydrogens (tertiary/aromatic N) is 2. The Morgan fingerprint density at radius 3 is 2.07 bits per heavy atom. The van der Waals surface area contributed by atoms with Crippen LogP contribution in [0.25, 0.3) is 0 Å². The zero-order valence-electron chi connectivity index (χ0n) is 20.8. The average Bonchev–Trinajstić information content (AvgIpc) is 3.50. The van der Waals surface area contributed by atoms with E-state index in [9.17, 15) is 19.2 Å². The molecule has 0 spiro atoms. The van der Waals surface area contributed by atoms with Crippen molar-refractivity contribution in [1.29, 1.82) is 0 Å². The van der Waals surface area contributed by atoms with Crippen LogP contribution in [0.2, 0.25) is 5.02 Å². The number of carbonyl (C=O) groups excluding carboxylic acids is 4. The molecule has 2 aliphatic carbocycles. The number of benzene rings is 2. The number of esters is 1. The van der Waals surface area contributed by atoms with Gasteiger partial charge in [-0.1, -0.05) is 64.1 Å². The summed E-state index contributed by atoms with van der Waals surface area (Å²) in [5.74, 6) is -5.28. The van der Waals surface area contributed by atoms with E-state index in [0.29, 0.717) is 16.3 Å². The number of hydrogen-bond donors (Lipinski definition) is 0. The van der Waals surface area contributed by atoms with Crippen LogP contribution in [0.15, 0.2) is 52.5 Å². The van der Waals surface area contributed by atoms with E-state index in [0.717, 1.165) is 4.90 Å². The topological polar surface area (TPSA) is 84.0 Å². The molecule has 5 atom stereocenters. The Morgan fingerprint density at radius 2 is 1.51 bits per heavy atom. The van der Waals surface area contributed by atoms with Crippen molar-refractivity contribution in [2.24, 2.45) is 17.8 Å². The molecule has 3 fully saturated rings. The Balaban J connectivity index is 1.22. The van der Waals surface area contributed by atoms with Crippen molar-refractivity contribution in [3.05, 3.63) is 63.1 Å². The van der Waals surface area contributed by atoms with E-state index in [4.69, 9.17) is 85.9 Å². The van der Waals surface area contributed by atoms with Gasteiger partial charge in [-0.15, -0.1) is 23.2 Å². The molecule has 14 heteroatoms. The Labute approximate surface area is 269 Å². The number of rotatable bonds is 4. The van der Waals surface area contributed by atoms with Gasteiger partial charge in [0.2, 0.25) is 17.7 Å². The van der Waals surface area contributed by atoms with E-state index < -0.39 is 49.6 Å². The number of carbonyl (C=O) groups is 4. The molecule has 2 saturated heterocycles. The van der Waals surface area contributed by atoms with Crippen LogP contribution in [-0.2, 0) is 19.2 Å². The van der Waals surface area contributed by atoms with Gasteiger partial charge in [0, 0.05) is 23.7 Å². The molecule has 2 bridgehead atoms. The van der Waals surface area contributed by atoms with Crippen LogP contribution in [0.5, 0.6) is 5.75 Å². The Kier molecular flexibility index (Phi) is 6.91. The third kappa shape index (κ3) is 3.79. The molecule has 1 saturated carbocycles. The van der Waals surface area contributed by atoms with E-state index in [-0.39, 0.29) is 40.4 Å². The third-order valence-electron chi connectivity index (χ3n) is 8.11. The first kappa shape index (κ1) is 29.4. The molecule has 6 rings (SSSR count). The average molecular weight is 698 g/mol. The van der Waals surface area contributed by atoms with Gasteiger partial charge in [-0.25, -0.2) is 4.90 Å². The highest BCUT2D eigenvalue weighted by Crippen LogP contribution is 2.77. The lowest BCUT2D eigenvalue weighted by Crippen LogP contribution is -2.50. The fraction of sp³-hybridized carbons (Fsp3) is 0.333. The summed E-state index contributed by atoms with van der Waals surface area (Å²) in [4.78, 5) is 51.4.